The summed E-state index contributed by atoms with van der Waals surface area (Å²) in [7, 11) is 0. The first kappa shape index (κ1) is 57.7. The van der Waals surface area contributed by atoms with E-state index < -0.39 is 72.1 Å². The second-order valence-electron chi connectivity index (χ2n) is 20.5. The highest BCUT2D eigenvalue weighted by Crippen LogP contribution is 2.42. The Bertz CT molecular complexity index is 2770. The van der Waals surface area contributed by atoms with E-state index in [0.29, 0.717) is 51.0 Å². The van der Waals surface area contributed by atoms with Crippen molar-refractivity contribution in [1.29, 1.82) is 0 Å². The number of carboxylic acids is 1. The summed E-state index contributed by atoms with van der Waals surface area (Å²) in [6, 6.07) is 8.26. The summed E-state index contributed by atoms with van der Waals surface area (Å²) in [6.07, 6.45) is -3.54. The molecule has 5 aromatic rings. The molecule has 3 N–H and O–H groups in total. The van der Waals surface area contributed by atoms with Gasteiger partial charge < -0.3 is 10.4 Å². The molecule has 0 bridgehead atoms. The van der Waals surface area contributed by atoms with Crippen molar-refractivity contribution in [2.75, 3.05) is 44.2 Å². The number of piperidine rings is 2. The van der Waals surface area contributed by atoms with E-state index >= 15 is 0 Å². The number of halogens is 10. The van der Waals surface area contributed by atoms with Gasteiger partial charge in [-0.15, -0.1) is 5.10 Å². The maximum Gasteiger partial charge on any atom is 0.418 e. The second-order valence-corrected chi connectivity index (χ2v) is 20.5. The fraction of sp³-hybridized carbons (Fsp3) is 0.588. The number of tetrazole rings is 1. The smallest absolute Gasteiger partial charge is 0.418 e. The van der Waals surface area contributed by atoms with Crippen LogP contribution in [0.3, 0.4) is 0 Å². The Morgan fingerprint density at radius 2 is 1.47 bits per heavy atom. The molecule has 27 heteroatoms. The van der Waals surface area contributed by atoms with Crippen LogP contribution in [0.4, 0.5) is 49.7 Å². The van der Waals surface area contributed by atoms with E-state index in [0.717, 1.165) is 55.6 Å². The maximum absolute atomic E-state index is 13.9. The summed E-state index contributed by atoms with van der Waals surface area (Å²) < 4.78 is 142. The van der Waals surface area contributed by atoms with Crippen LogP contribution in [-0.4, -0.2) is 148 Å². The first-order valence-corrected chi connectivity index (χ1v) is 26.1. The molecule has 78 heavy (non-hydrogen) atoms. The molecule has 4 aromatic heterocycles. The highest BCUT2D eigenvalue weighted by Gasteiger charge is 2.39. The molecule has 17 nitrogen and oxygen atoms in total. The number of aromatic amines is 1. The number of aromatic nitrogens is 9. The highest BCUT2D eigenvalue weighted by molar-refractivity contribution is 5.93. The number of H-pyrrole nitrogens is 1. The lowest BCUT2D eigenvalue weighted by atomic mass is 10.0. The molecule has 2 unspecified atom stereocenters. The van der Waals surface area contributed by atoms with Crippen molar-refractivity contribution < 1.29 is 63.4 Å². The van der Waals surface area contributed by atoms with E-state index in [1.807, 2.05) is 0 Å². The van der Waals surface area contributed by atoms with Gasteiger partial charge >= 0.3 is 18.3 Å². The quantitative estimate of drug-likeness (QED) is 0.0525. The van der Waals surface area contributed by atoms with Crippen molar-refractivity contribution in [3.05, 3.63) is 77.4 Å². The Labute approximate surface area is 442 Å². The van der Waals surface area contributed by atoms with Gasteiger partial charge in [-0.1, -0.05) is 43.9 Å². The Kier molecular flexibility index (Phi) is 18.5. The summed E-state index contributed by atoms with van der Waals surface area (Å²) in [6.45, 7) is 0.661. The number of amides is 2. The second kappa shape index (κ2) is 25.1. The van der Waals surface area contributed by atoms with Gasteiger partial charge in [-0.2, -0.15) is 36.5 Å². The van der Waals surface area contributed by atoms with E-state index in [2.05, 4.69) is 41.1 Å². The Morgan fingerprint density at radius 3 is 2.09 bits per heavy atom. The Balaban J connectivity index is 0.000000206. The van der Waals surface area contributed by atoms with Crippen LogP contribution < -0.4 is 10.2 Å². The lowest BCUT2D eigenvalue weighted by Gasteiger charge is -2.33. The van der Waals surface area contributed by atoms with Crippen LogP contribution in [0, 0.1) is 0 Å². The third kappa shape index (κ3) is 14.8. The molecule has 1 aromatic carbocycles. The molecule has 2 aliphatic carbocycles. The molecule has 2 aliphatic heterocycles. The van der Waals surface area contributed by atoms with Gasteiger partial charge in [-0.05, 0) is 86.2 Å². The minimum absolute atomic E-state index is 0.00990. The van der Waals surface area contributed by atoms with E-state index in [1.54, 1.807) is 9.80 Å². The first-order valence-electron chi connectivity index (χ1n) is 26.1. The molecule has 0 spiro atoms. The summed E-state index contributed by atoms with van der Waals surface area (Å²) in [5.41, 5.74) is -1.85. The van der Waals surface area contributed by atoms with Gasteiger partial charge in [0.2, 0.25) is 6.41 Å². The topological polar surface area (TPSA) is 196 Å². The fourth-order valence-electron chi connectivity index (χ4n) is 11.0. The lowest BCUT2D eigenvalue weighted by molar-refractivity contribution is -0.138. The third-order valence-electron chi connectivity index (χ3n) is 14.7. The summed E-state index contributed by atoms with van der Waals surface area (Å²) in [5.74, 6) is -4.10. The van der Waals surface area contributed by atoms with Crippen LogP contribution in [0.5, 0.6) is 0 Å². The highest BCUT2D eigenvalue weighted by atomic mass is 19.4. The van der Waals surface area contributed by atoms with Crippen LogP contribution in [0.15, 0.2) is 54.7 Å². The van der Waals surface area contributed by atoms with Crippen LogP contribution in [-0.2, 0) is 28.4 Å². The van der Waals surface area contributed by atoms with Crippen molar-refractivity contribution in [1.82, 2.24) is 60.3 Å². The van der Waals surface area contributed by atoms with E-state index in [9.17, 15) is 63.4 Å². The monoisotopic (exact) mass is 1110 g/mol. The van der Waals surface area contributed by atoms with Crippen LogP contribution >= 0.6 is 0 Å². The average molecular weight is 1110 g/mol. The van der Waals surface area contributed by atoms with Crippen LogP contribution in [0.2, 0.25) is 0 Å². The molecule has 4 aliphatic rings. The lowest BCUT2D eigenvalue weighted by Crippen LogP contribution is -2.45. The van der Waals surface area contributed by atoms with E-state index in [-0.39, 0.29) is 98.1 Å². The van der Waals surface area contributed by atoms with Gasteiger partial charge in [-0.25, -0.2) is 22.7 Å². The summed E-state index contributed by atoms with van der Waals surface area (Å²) >= 11 is 0. The molecule has 2 saturated heterocycles. The standard InChI is InChI=1S/C26H31F5N4O3.C25H30F5N9O/c27-17-11-18(28)15-33(14-17)10-9-20(12-25(37)38)34(16-36)24-13-23(35(32-24)19-5-1-2-6-19)21-7-3-4-8-22(21)26(29,30)31;26-24(27)9-4-11-38(15-24)12-8-16(13-21-33-36-37-34-21)32-23(40)19-14-20(39(35-19)17-5-1-2-6-17)22-18(25(28,29)30)7-3-10-31-22/h3-4,7-8,13,16-20H,1-2,5-6,9-12,14-15H2,(H,37,38);3,7,10,14,16-17H,1-2,4-6,8-9,11-13,15H2,(H,32,40)(H,33,34,36,37)/t17?,18?,20-;16-/m00/s1. The first-order chi connectivity index (χ1) is 37.2. The number of carbonyl (C=O) groups excluding carboxylic acids is 2. The van der Waals surface area contributed by atoms with Crippen molar-refractivity contribution in [3.63, 3.8) is 0 Å². The number of hydrogen-bond acceptors (Lipinski definition) is 11. The molecule has 4 atom stereocenters. The molecule has 9 rings (SSSR count). The average Bonchev–Trinajstić information content (AvgIpc) is 4.29. The van der Waals surface area contributed by atoms with Gasteiger partial charge in [0.1, 0.15) is 23.9 Å². The third-order valence-corrected chi connectivity index (χ3v) is 14.7. The minimum Gasteiger partial charge on any atom is -0.481 e. The van der Waals surface area contributed by atoms with Gasteiger partial charge in [0, 0.05) is 75.4 Å². The van der Waals surface area contributed by atoms with Gasteiger partial charge in [0.15, 0.2) is 11.5 Å². The van der Waals surface area contributed by atoms with Crippen LogP contribution in [0.1, 0.15) is 129 Å². The predicted octanol–water partition coefficient (Wildman–Crippen LogP) is 9.32. The number of alkyl halides is 10. The minimum atomic E-state index is -4.64. The maximum atomic E-state index is 13.9. The zero-order valence-corrected chi connectivity index (χ0v) is 42.5. The normalized spacial score (nSPS) is 20.5. The van der Waals surface area contributed by atoms with Crippen molar-refractivity contribution >= 4 is 24.1 Å². The molecular formula is C51H61F10N13O4. The SMILES string of the molecule is O=C(N[C@@H](CCN1CCCC(F)(F)C1)Cc1nnn[nH]1)c1cc(-c2ncccc2C(F)(F)F)n(C2CCCC2)n1.O=CN(c1cc(-c2ccccc2C(F)(F)F)n(C2CCCC2)n1)[C@@H](CCN1CC(F)CC(F)C1)CC(=O)O. The number of likely N-dealkylation sites (tertiary alicyclic amines) is 2. The largest absolute Gasteiger partial charge is 0.481 e. The van der Waals surface area contributed by atoms with E-state index in [4.69, 9.17) is 0 Å². The molecule has 0 radical (unpaired) electrons. The van der Waals surface area contributed by atoms with Crippen molar-refractivity contribution in [2.45, 2.75) is 151 Å². The van der Waals surface area contributed by atoms with Gasteiger partial charge in [-0.3, -0.25) is 43.4 Å². The molecule has 4 fully saturated rings. The van der Waals surface area contributed by atoms with Crippen molar-refractivity contribution in [2.24, 2.45) is 0 Å². The molecule has 2 saturated carbocycles. The number of aliphatic carboxylic acids is 1. The van der Waals surface area contributed by atoms with E-state index in [1.165, 1.54) is 52.0 Å². The predicted molar refractivity (Wildman–Crippen MR) is 263 cm³/mol. The number of rotatable bonds is 19. The molecule has 2 amide bonds. The number of anilines is 1. The number of carboxylic acid groups (broad SMARTS) is 1. The van der Waals surface area contributed by atoms with Crippen LogP contribution in [0.25, 0.3) is 22.6 Å². The molecule has 424 valence electrons. The van der Waals surface area contributed by atoms with Gasteiger partial charge in [0.05, 0.1) is 47.6 Å². The molecular weight excluding hydrogens is 1050 g/mol. The number of nitrogens with one attached hydrogen (secondary N) is 2. The number of nitrogens with zero attached hydrogens (tertiary/aromatic N) is 11. The van der Waals surface area contributed by atoms with Crippen molar-refractivity contribution in [3.8, 4) is 22.6 Å². The summed E-state index contributed by atoms with van der Waals surface area (Å²) in [4.78, 5) is 45.7. The zero-order valence-electron chi connectivity index (χ0n) is 42.5. The molecule has 6 heterocycles. The number of carbonyl (C=O) groups is 3. The summed E-state index contributed by atoms with van der Waals surface area (Å²) in [5, 5.41) is 34.9. The Hall–Kier alpha value is -6.51. The number of benzene rings is 1. The zero-order chi connectivity index (χ0) is 55.8. The number of hydrogen-bond donors (Lipinski definition) is 3. The van der Waals surface area contributed by atoms with Gasteiger partial charge in [0.25, 0.3) is 11.8 Å². The number of pyridine rings is 1. The Morgan fingerprint density at radius 1 is 0.833 bits per heavy atom. The fourth-order valence-corrected chi connectivity index (χ4v) is 11.0.